The van der Waals surface area contributed by atoms with Crippen LogP contribution in [0.3, 0.4) is 0 Å². The lowest BCUT2D eigenvalue weighted by atomic mass is 10.2. The third-order valence-electron chi connectivity index (χ3n) is 1.22. The molecule has 0 aliphatic rings. The van der Waals surface area contributed by atoms with Gasteiger partial charge in [-0.2, -0.15) is 4.99 Å². The molecule has 0 aromatic heterocycles. The Bertz CT molecular complexity index is 255. The van der Waals surface area contributed by atoms with Crippen LogP contribution in [0.1, 0.15) is 5.56 Å². The summed E-state index contributed by atoms with van der Waals surface area (Å²) in [7, 11) is 0. The molecule has 1 rings (SSSR count). The molecule has 1 aromatic rings. The zero-order valence-corrected chi connectivity index (χ0v) is 5.76. The molecule has 2 nitrogen and oxygen atoms in total. The van der Waals surface area contributed by atoms with Gasteiger partial charge in [-0.25, -0.2) is 5.41 Å². The minimum atomic E-state index is 0.778. The van der Waals surface area contributed by atoms with Crippen molar-refractivity contribution in [3.63, 3.8) is 0 Å². The predicted octanol–water partition coefficient (Wildman–Crippen LogP) is 2.38. The molecular formula is C8H8N2. The first kappa shape index (κ1) is 6.72. The van der Waals surface area contributed by atoms with E-state index in [1.54, 1.807) is 0 Å². The molecule has 0 saturated carbocycles. The molecule has 0 bridgehead atoms. The van der Waals surface area contributed by atoms with Crippen molar-refractivity contribution in [1.82, 2.24) is 0 Å². The van der Waals surface area contributed by atoms with Crippen molar-refractivity contribution in [2.24, 2.45) is 4.99 Å². The van der Waals surface area contributed by atoms with Gasteiger partial charge in [0.2, 0.25) is 0 Å². The molecule has 0 radical (unpaired) electrons. The molecule has 0 heterocycles. The van der Waals surface area contributed by atoms with Gasteiger partial charge < -0.3 is 0 Å². The molecule has 0 fully saturated rings. The van der Waals surface area contributed by atoms with Crippen LogP contribution >= 0.6 is 0 Å². The fraction of sp³-hybridized carbons (Fsp3) is 0.125. The standard InChI is InChI=1S/C8H8N2/c1-7-2-4-8(5-3-7)10-6-9/h2-5,9H,1H3. The molecule has 0 spiro atoms. The van der Waals surface area contributed by atoms with Crippen LogP contribution in [0.15, 0.2) is 29.3 Å². The minimum Gasteiger partial charge on any atom is -0.241 e. The van der Waals surface area contributed by atoms with E-state index in [0.717, 1.165) is 5.69 Å². The monoisotopic (exact) mass is 132 g/mol. The molecule has 1 aromatic carbocycles. The third-order valence-corrected chi connectivity index (χ3v) is 1.22. The van der Waals surface area contributed by atoms with Crippen molar-refractivity contribution in [2.45, 2.75) is 6.92 Å². The van der Waals surface area contributed by atoms with E-state index in [4.69, 9.17) is 5.41 Å². The van der Waals surface area contributed by atoms with E-state index in [0.29, 0.717) is 0 Å². The molecule has 2 heteroatoms. The van der Waals surface area contributed by atoms with Crippen molar-refractivity contribution in [2.75, 3.05) is 0 Å². The number of nitrogens with one attached hydrogen (secondary N) is 1. The SMILES string of the molecule is Cc1ccc(N=C=N)cc1. The highest BCUT2D eigenvalue weighted by atomic mass is 14.7. The summed E-state index contributed by atoms with van der Waals surface area (Å²) >= 11 is 0. The molecule has 0 saturated heterocycles. The molecule has 0 amide bonds. The molecule has 1 N–H and O–H groups in total. The Morgan fingerprint density at radius 3 is 2.40 bits per heavy atom. The van der Waals surface area contributed by atoms with Crippen molar-refractivity contribution in [1.29, 1.82) is 5.41 Å². The number of aliphatic imine (C=N–C) groups is 1. The van der Waals surface area contributed by atoms with Gasteiger partial charge in [-0.15, -0.1) is 0 Å². The maximum absolute atomic E-state index is 6.58. The van der Waals surface area contributed by atoms with Crippen LogP contribution < -0.4 is 0 Å². The average Bonchev–Trinajstić information content (AvgIpc) is 1.95. The first-order valence-corrected chi connectivity index (χ1v) is 3.02. The second-order valence-electron chi connectivity index (χ2n) is 2.06. The highest BCUT2D eigenvalue weighted by molar-refractivity contribution is 5.50. The Kier molecular flexibility index (Phi) is 1.98. The average molecular weight is 132 g/mol. The van der Waals surface area contributed by atoms with Gasteiger partial charge in [-0.3, -0.25) is 0 Å². The predicted molar refractivity (Wildman–Crippen MR) is 41.0 cm³/mol. The lowest BCUT2D eigenvalue weighted by Gasteiger charge is -1.90. The van der Waals surface area contributed by atoms with Crippen LogP contribution in [0.25, 0.3) is 0 Å². The largest absolute Gasteiger partial charge is 0.241 e. The second kappa shape index (κ2) is 2.95. The van der Waals surface area contributed by atoms with Crippen molar-refractivity contribution >= 4 is 11.7 Å². The van der Waals surface area contributed by atoms with Crippen molar-refractivity contribution < 1.29 is 0 Å². The zero-order valence-electron chi connectivity index (χ0n) is 5.76. The summed E-state index contributed by atoms with van der Waals surface area (Å²) in [6.07, 6.45) is 0. The smallest absolute Gasteiger partial charge is 0.0918 e. The van der Waals surface area contributed by atoms with E-state index in [1.807, 2.05) is 37.2 Å². The number of hydrogen-bond acceptors (Lipinski definition) is 2. The van der Waals surface area contributed by atoms with Crippen LogP contribution in [0.5, 0.6) is 0 Å². The van der Waals surface area contributed by atoms with Gasteiger partial charge >= 0.3 is 0 Å². The molecule has 50 valence electrons. The van der Waals surface area contributed by atoms with E-state index in [1.165, 1.54) is 5.56 Å². The van der Waals surface area contributed by atoms with Crippen LogP contribution in [-0.4, -0.2) is 6.01 Å². The van der Waals surface area contributed by atoms with Crippen LogP contribution in [0.2, 0.25) is 0 Å². The van der Waals surface area contributed by atoms with E-state index in [-0.39, 0.29) is 0 Å². The minimum absolute atomic E-state index is 0.778. The van der Waals surface area contributed by atoms with Gasteiger partial charge in [0, 0.05) is 0 Å². The van der Waals surface area contributed by atoms with Gasteiger partial charge in [0.1, 0.15) is 0 Å². The van der Waals surface area contributed by atoms with Gasteiger partial charge in [0.15, 0.2) is 0 Å². The van der Waals surface area contributed by atoms with E-state index < -0.39 is 0 Å². The summed E-state index contributed by atoms with van der Waals surface area (Å²) in [6, 6.07) is 9.60. The third kappa shape index (κ3) is 1.54. The molecule has 0 aliphatic carbocycles. The quantitative estimate of drug-likeness (QED) is 0.569. The van der Waals surface area contributed by atoms with Crippen LogP contribution in [0.4, 0.5) is 5.69 Å². The summed E-state index contributed by atoms with van der Waals surface area (Å²) in [5.41, 5.74) is 1.98. The molecular weight excluding hydrogens is 124 g/mol. The fourth-order valence-electron chi connectivity index (χ4n) is 0.684. The Balaban J connectivity index is 3.00. The van der Waals surface area contributed by atoms with Crippen LogP contribution in [-0.2, 0) is 0 Å². The highest BCUT2D eigenvalue weighted by Gasteiger charge is 1.84. The van der Waals surface area contributed by atoms with Gasteiger partial charge in [-0.1, -0.05) is 17.7 Å². The van der Waals surface area contributed by atoms with Gasteiger partial charge in [0.25, 0.3) is 0 Å². The van der Waals surface area contributed by atoms with Gasteiger partial charge in [-0.05, 0) is 19.1 Å². The summed E-state index contributed by atoms with van der Waals surface area (Å²) in [5, 5.41) is 6.58. The second-order valence-corrected chi connectivity index (χ2v) is 2.06. The summed E-state index contributed by atoms with van der Waals surface area (Å²) < 4.78 is 0. The first-order valence-electron chi connectivity index (χ1n) is 3.02. The van der Waals surface area contributed by atoms with Gasteiger partial charge in [0.05, 0.1) is 11.7 Å². The maximum Gasteiger partial charge on any atom is 0.0918 e. The van der Waals surface area contributed by atoms with E-state index in [9.17, 15) is 0 Å². The lowest BCUT2D eigenvalue weighted by Crippen LogP contribution is -1.67. The molecule has 0 unspecified atom stereocenters. The van der Waals surface area contributed by atoms with Crippen molar-refractivity contribution in [3.8, 4) is 0 Å². The molecule has 0 atom stereocenters. The number of rotatable bonds is 1. The molecule has 0 aliphatic heterocycles. The first-order chi connectivity index (χ1) is 4.83. The lowest BCUT2D eigenvalue weighted by molar-refractivity contribution is 1.43. The Labute approximate surface area is 59.7 Å². The number of hydrogen-bond donors (Lipinski definition) is 1. The summed E-state index contributed by atoms with van der Waals surface area (Å²) in [4.78, 5) is 3.66. The Hall–Kier alpha value is -1.40. The zero-order chi connectivity index (χ0) is 7.40. The summed E-state index contributed by atoms with van der Waals surface area (Å²) in [5.74, 6) is 0. The Morgan fingerprint density at radius 1 is 1.30 bits per heavy atom. The van der Waals surface area contributed by atoms with Crippen LogP contribution in [0, 0.1) is 12.3 Å². The van der Waals surface area contributed by atoms with E-state index >= 15 is 0 Å². The highest BCUT2D eigenvalue weighted by Crippen LogP contribution is 2.10. The topological polar surface area (TPSA) is 36.2 Å². The maximum atomic E-state index is 6.58. The Morgan fingerprint density at radius 2 is 1.90 bits per heavy atom. The molecule has 10 heavy (non-hydrogen) atoms. The normalized spacial score (nSPS) is 8.50. The van der Waals surface area contributed by atoms with E-state index in [2.05, 4.69) is 4.99 Å². The number of benzene rings is 1. The summed E-state index contributed by atoms with van der Waals surface area (Å²) in [6.45, 7) is 2.01. The number of nitrogens with zero attached hydrogens (tertiary/aromatic N) is 1. The van der Waals surface area contributed by atoms with Crippen molar-refractivity contribution in [3.05, 3.63) is 29.8 Å². The number of aryl methyl sites for hydroxylation is 1. The fourth-order valence-corrected chi connectivity index (χ4v) is 0.684.